The fraction of sp³-hybridized carbons (Fsp3) is 0.310. The van der Waals surface area contributed by atoms with Gasteiger partial charge in [-0.2, -0.15) is 0 Å². The van der Waals surface area contributed by atoms with E-state index in [2.05, 4.69) is 41.5 Å². The molecule has 0 saturated carbocycles. The summed E-state index contributed by atoms with van der Waals surface area (Å²) in [7, 11) is 1.68. The molecule has 0 spiro atoms. The molecule has 0 aliphatic carbocycles. The van der Waals surface area contributed by atoms with Gasteiger partial charge in [-0.05, 0) is 66.8 Å². The Balaban J connectivity index is 1.31. The summed E-state index contributed by atoms with van der Waals surface area (Å²) >= 11 is 0. The highest BCUT2D eigenvalue weighted by Crippen LogP contribution is 2.26. The number of likely N-dealkylation sites (tertiary alicyclic amines) is 1. The largest absolute Gasteiger partial charge is 0.497 e. The van der Waals surface area contributed by atoms with Crippen molar-refractivity contribution in [1.29, 1.82) is 0 Å². The number of aromatic nitrogens is 1. The van der Waals surface area contributed by atoms with Gasteiger partial charge in [-0.3, -0.25) is 4.98 Å². The first kappa shape index (κ1) is 24.3. The number of ether oxygens (including phenoxy) is 2. The number of carbonyl (C=O) groups is 1. The van der Waals surface area contributed by atoms with Crippen LogP contribution < -0.4 is 14.8 Å². The molecule has 2 heterocycles. The molecule has 1 aliphatic heterocycles. The van der Waals surface area contributed by atoms with Crippen molar-refractivity contribution in [2.45, 2.75) is 26.7 Å². The number of methoxy groups -OCH3 is 1. The van der Waals surface area contributed by atoms with Crippen molar-refractivity contribution >= 4 is 17.8 Å². The van der Waals surface area contributed by atoms with Gasteiger partial charge in [0, 0.05) is 25.2 Å². The van der Waals surface area contributed by atoms with Crippen LogP contribution in [0.25, 0.3) is 6.08 Å². The van der Waals surface area contributed by atoms with Crippen molar-refractivity contribution in [3.63, 3.8) is 0 Å². The third kappa shape index (κ3) is 6.85. The van der Waals surface area contributed by atoms with Gasteiger partial charge in [0.25, 0.3) is 0 Å². The van der Waals surface area contributed by atoms with Crippen LogP contribution in [0.2, 0.25) is 0 Å². The fourth-order valence-corrected chi connectivity index (χ4v) is 4.22. The number of aryl methyl sites for hydroxylation is 1. The summed E-state index contributed by atoms with van der Waals surface area (Å²) in [6.07, 6.45) is 5.59. The van der Waals surface area contributed by atoms with Crippen LogP contribution in [0.3, 0.4) is 0 Å². The van der Waals surface area contributed by atoms with E-state index in [-0.39, 0.29) is 11.9 Å². The van der Waals surface area contributed by atoms with Crippen LogP contribution in [-0.4, -0.2) is 42.7 Å². The SMILES string of the molecule is COc1cccc(CCOc2cccc(/C=C3\CCN(C(=O)Nc4ccc(C)nc4)CC3C)c2)c1. The Kier molecular flexibility index (Phi) is 8.03. The molecule has 6 heteroatoms. The summed E-state index contributed by atoms with van der Waals surface area (Å²) in [5, 5.41) is 2.95. The quantitative estimate of drug-likeness (QED) is 0.461. The van der Waals surface area contributed by atoms with Gasteiger partial charge in [-0.1, -0.05) is 42.8 Å². The first-order valence-electron chi connectivity index (χ1n) is 12.0. The Morgan fingerprint density at radius 1 is 1.14 bits per heavy atom. The Morgan fingerprint density at radius 2 is 1.97 bits per heavy atom. The molecule has 1 atom stereocenters. The maximum absolute atomic E-state index is 12.7. The van der Waals surface area contributed by atoms with Crippen LogP contribution >= 0.6 is 0 Å². The predicted molar refractivity (Wildman–Crippen MR) is 140 cm³/mol. The van der Waals surface area contributed by atoms with E-state index in [1.807, 2.05) is 54.3 Å². The van der Waals surface area contributed by atoms with Crippen LogP contribution in [0.1, 0.15) is 30.2 Å². The topological polar surface area (TPSA) is 63.7 Å². The molecule has 0 bridgehead atoms. The molecule has 2 amide bonds. The number of benzene rings is 2. The lowest BCUT2D eigenvalue weighted by Gasteiger charge is -2.33. The van der Waals surface area contributed by atoms with Gasteiger partial charge >= 0.3 is 6.03 Å². The Bertz CT molecular complexity index is 1170. The highest BCUT2D eigenvalue weighted by molar-refractivity contribution is 5.89. The number of amides is 2. The number of nitrogens with one attached hydrogen (secondary N) is 1. The summed E-state index contributed by atoms with van der Waals surface area (Å²) in [6, 6.07) is 19.9. The van der Waals surface area contributed by atoms with Crippen molar-refractivity contribution < 1.29 is 14.3 Å². The molecule has 0 radical (unpaired) electrons. The second-order valence-electron chi connectivity index (χ2n) is 8.96. The summed E-state index contributed by atoms with van der Waals surface area (Å²) in [6.45, 7) is 6.08. The summed E-state index contributed by atoms with van der Waals surface area (Å²) < 4.78 is 11.3. The zero-order valence-corrected chi connectivity index (χ0v) is 20.7. The molecular formula is C29H33N3O3. The minimum atomic E-state index is -0.0759. The summed E-state index contributed by atoms with van der Waals surface area (Å²) in [4.78, 5) is 18.8. The molecule has 1 fully saturated rings. The van der Waals surface area contributed by atoms with Gasteiger partial charge < -0.3 is 19.7 Å². The predicted octanol–water partition coefficient (Wildman–Crippen LogP) is 5.98. The number of carbonyl (C=O) groups excluding carboxylic acids is 1. The van der Waals surface area contributed by atoms with E-state index in [1.54, 1.807) is 13.3 Å². The lowest BCUT2D eigenvalue weighted by atomic mass is 9.91. The van der Waals surface area contributed by atoms with Gasteiger partial charge in [-0.25, -0.2) is 4.79 Å². The van der Waals surface area contributed by atoms with Crippen molar-refractivity contribution in [3.8, 4) is 11.5 Å². The molecule has 1 unspecified atom stereocenters. The zero-order chi connectivity index (χ0) is 24.6. The number of pyridine rings is 1. The van der Waals surface area contributed by atoms with Crippen LogP contribution in [-0.2, 0) is 6.42 Å². The minimum absolute atomic E-state index is 0.0759. The van der Waals surface area contributed by atoms with E-state index < -0.39 is 0 Å². The van der Waals surface area contributed by atoms with E-state index in [0.29, 0.717) is 19.7 Å². The minimum Gasteiger partial charge on any atom is -0.497 e. The molecule has 1 saturated heterocycles. The highest BCUT2D eigenvalue weighted by atomic mass is 16.5. The normalized spacial score (nSPS) is 16.7. The third-order valence-electron chi connectivity index (χ3n) is 6.25. The molecule has 1 aromatic heterocycles. The highest BCUT2D eigenvalue weighted by Gasteiger charge is 2.24. The van der Waals surface area contributed by atoms with Crippen LogP contribution in [0.5, 0.6) is 11.5 Å². The standard InChI is InChI=1S/C29H33N3O3/c1-21-20-32(29(33)31-26-11-10-22(2)30-19-26)14-12-25(21)16-24-7-5-9-28(18-24)35-15-13-23-6-4-8-27(17-23)34-3/h4-11,16-19,21H,12-15,20H2,1-3H3,(H,31,33)/b25-16+. The van der Waals surface area contributed by atoms with E-state index in [9.17, 15) is 4.79 Å². The first-order valence-corrected chi connectivity index (χ1v) is 12.0. The average Bonchev–Trinajstić information content (AvgIpc) is 2.87. The Hall–Kier alpha value is -3.80. The fourth-order valence-electron chi connectivity index (χ4n) is 4.22. The lowest BCUT2D eigenvalue weighted by molar-refractivity contribution is 0.198. The molecule has 1 aliphatic rings. The monoisotopic (exact) mass is 471 g/mol. The molecule has 2 aromatic carbocycles. The Labute approximate surface area is 207 Å². The van der Waals surface area contributed by atoms with Gasteiger partial charge in [0.15, 0.2) is 0 Å². The van der Waals surface area contributed by atoms with E-state index in [1.165, 1.54) is 11.1 Å². The van der Waals surface area contributed by atoms with Gasteiger partial charge in [0.1, 0.15) is 11.5 Å². The van der Waals surface area contributed by atoms with Gasteiger partial charge in [0.05, 0.1) is 25.6 Å². The number of hydrogen-bond donors (Lipinski definition) is 1. The average molecular weight is 472 g/mol. The second-order valence-corrected chi connectivity index (χ2v) is 8.96. The maximum atomic E-state index is 12.7. The second kappa shape index (κ2) is 11.6. The number of hydrogen-bond acceptors (Lipinski definition) is 4. The first-order chi connectivity index (χ1) is 17.0. The van der Waals surface area contributed by atoms with Gasteiger partial charge in [0.2, 0.25) is 0 Å². The van der Waals surface area contributed by atoms with Crippen LogP contribution in [0.15, 0.2) is 72.4 Å². The number of anilines is 1. The Morgan fingerprint density at radius 3 is 2.74 bits per heavy atom. The van der Waals surface area contributed by atoms with E-state index >= 15 is 0 Å². The number of urea groups is 1. The smallest absolute Gasteiger partial charge is 0.321 e. The van der Waals surface area contributed by atoms with E-state index in [0.717, 1.165) is 41.3 Å². The van der Waals surface area contributed by atoms with Crippen molar-refractivity contribution in [2.24, 2.45) is 5.92 Å². The molecule has 35 heavy (non-hydrogen) atoms. The molecule has 6 nitrogen and oxygen atoms in total. The molecule has 1 N–H and O–H groups in total. The third-order valence-corrected chi connectivity index (χ3v) is 6.25. The van der Waals surface area contributed by atoms with Gasteiger partial charge in [-0.15, -0.1) is 0 Å². The van der Waals surface area contributed by atoms with E-state index in [4.69, 9.17) is 9.47 Å². The lowest BCUT2D eigenvalue weighted by Crippen LogP contribution is -2.42. The summed E-state index contributed by atoms with van der Waals surface area (Å²) in [5.74, 6) is 2.00. The maximum Gasteiger partial charge on any atom is 0.321 e. The van der Waals surface area contributed by atoms with Crippen molar-refractivity contribution in [2.75, 3.05) is 32.1 Å². The summed E-state index contributed by atoms with van der Waals surface area (Å²) in [5.41, 5.74) is 5.30. The number of rotatable bonds is 7. The molecule has 3 aromatic rings. The van der Waals surface area contributed by atoms with Crippen molar-refractivity contribution in [1.82, 2.24) is 9.88 Å². The van der Waals surface area contributed by atoms with Crippen LogP contribution in [0, 0.1) is 12.8 Å². The zero-order valence-electron chi connectivity index (χ0n) is 20.7. The molecule has 4 rings (SSSR count). The van der Waals surface area contributed by atoms with Crippen LogP contribution in [0.4, 0.5) is 10.5 Å². The molecule has 182 valence electrons. The number of piperidine rings is 1. The van der Waals surface area contributed by atoms with Crippen molar-refractivity contribution in [3.05, 3.63) is 89.3 Å². The number of nitrogens with zero attached hydrogens (tertiary/aromatic N) is 2. The molecular weight excluding hydrogens is 438 g/mol.